The Hall–Kier alpha value is -0.160. The van der Waals surface area contributed by atoms with Crippen molar-refractivity contribution in [2.24, 2.45) is 0 Å². The van der Waals surface area contributed by atoms with E-state index in [0.717, 1.165) is 12.8 Å². The summed E-state index contributed by atoms with van der Waals surface area (Å²) in [6, 6.07) is -0.216. The van der Waals surface area contributed by atoms with Crippen LogP contribution in [0.1, 0.15) is 26.7 Å². The molecule has 0 aromatic heterocycles. The van der Waals surface area contributed by atoms with Crippen LogP contribution in [-0.2, 0) is 0 Å². The van der Waals surface area contributed by atoms with Gasteiger partial charge in [0, 0.05) is 12.1 Å². The van der Waals surface area contributed by atoms with Crippen LogP contribution in [0.25, 0.3) is 0 Å². The zero-order valence-corrected chi connectivity index (χ0v) is 8.14. The van der Waals surface area contributed by atoms with Gasteiger partial charge in [0.05, 0.1) is 12.2 Å². The van der Waals surface area contributed by atoms with Crippen molar-refractivity contribution < 1.29 is 15.3 Å². The molecule has 0 bridgehead atoms. The molecule has 1 aliphatic rings. The summed E-state index contributed by atoms with van der Waals surface area (Å²) in [4.78, 5) is 0. The van der Waals surface area contributed by atoms with Crippen molar-refractivity contribution >= 4 is 0 Å². The van der Waals surface area contributed by atoms with Crippen molar-refractivity contribution in [1.82, 2.24) is 5.32 Å². The van der Waals surface area contributed by atoms with Gasteiger partial charge in [-0.25, -0.2) is 0 Å². The zero-order valence-electron chi connectivity index (χ0n) is 8.14. The number of nitrogens with one attached hydrogen (secondary N) is 1. The van der Waals surface area contributed by atoms with Crippen LogP contribution in [0.5, 0.6) is 0 Å². The summed E-state index contributed by atoms with van der Waals surface area (Å²) in [6.45, 7) is 3.88. The lowest BCUT2D eigenvalue weighted by Gasteiger charge is -2.41. The minimum atomic E-state index is -1.02. The van der Waals surface area contributed by atoms with Gasteiger partial charge in [0.15, 0.2) is 0 Å². The van der Waals surface area contributed by atoms with Gasteiger partial charge in [0.25, 0.3) is 0 Å². The highest BCUT2D eigenvalue weighted by molar-refractivity contribution is 4.97. The standard InChI is InChI=1S/C9H19NO3/c1-3-5-7(11)9(13)8(12)6(4-2)10-5/h5-13H,3-4H2,1-2H3/t5-,6+,7+,8-,9?. The fourth-order valence-corrected chi connectivity index (χ4v) is 1.87. The first kappa shape index (κ1) is 10.9. The Morgan fingerprint density at radius 2 is 1.23 bits per heavy atom. The smallest absolute Gasteiger partial charge is 0.109 e. The Bertz CT molecular complexity index is 145. The van der Waals surface area contributed by atoms with Gasteiger partial charge < -0.3 is 20.6 Å². The highest BCUT2D eigenvalue weighted by Crippen LogP contribution is 2.18. The van der Waals surface area contributed by atoms with Gasteiger partial charge in [-0.3, -0.25) is 0 Å². The molecule has 0 radical (unpaired) electrons. The third-order valence-corrected chi connectivity index (χ3v) is 2.83. The van der Waals surface area contributed by atoms with Crippen LogP contribution in [0, 0.1) is 0 Å². The number of aliphatic hydroxyl groups is 3. The van der Waals surface area contributed by atoms with Gasteiger partial charge in [-0.05, 0) is 12.8 Å². The number of aliphatic hydroxyl groups excluding tert-OH is 3. The largest absolute Gasteiger partial charge is 0.389 e. The summed E-state index contributed by atoms with van der Waals surface area (Å²) in [7, 11) is 0. The molecule has 0 aliphatic carbocycles. The van der Waals surface area contributed by atoms with E-state index in [1.807, 2.05) is 13.8 Å². The van der Waals surface area contributed by atoms with E-state index in [1.165, 1.54) is 0 Å². The Balaban J connectivity index is 2.66. The predicted octanol–water partition coefficient (Wildman–Crippen LogP) is -0.771. The highest BCUT2D eigenvalue weighted by atomic mass is 16.4. The monoisotopic (exact) mass is 189 g/mol. The molecule has 5 atom stereocenters. The van der Waals surface area contributed by atoms with Gasteiger partial charge >= 0.3 is 0 Å². The highest BCUT2D eigenvalue weighted by Gasteiger charge is 2.40. The topological polar surface area (TPSA) is 72.7 Å². The SMILES string of the molecule is CC[C@@H]1N[C@H](CC)[C@H](O)C(O)[C@@H]1O. The molecule has 0 aromatic carbocycles. The van der Waals surface area contributed by atoms with E-state index in [9.17, 15) is 15.3 Å². The van der Waals surface area contributed by atoms with Crippen molar-refractivity contribution in [3.8, 4) is 0 Å². The molecule has 1 aliphatic heterocycles. The Kier molecular flexibility index (Phi) is 3.67. The molecule has 4 N–H and O–H groups in total. The van der Waals surface area contributed by atoms with E-state index in [1.54, 1.807) is 0 Å². The van der Waals surface area contributed by atoms with Crippen molar-refractivity contribution in [1.29, 1.82) is 0 Å². The molecule has 1 unspecified atom stereocenters. The summed E-state index contributed by atoms with van der Waals surface area (Å²) in [5, 5.41) is 31.7. The van der Waals surface area contributed by atoms with E-state index in [-0.39, 0.29) is 12.1 Å². The lowest BCUT2D eigenvalue weighted by atomic mass is 9.88. The average Bonchev–Trinajstić information content (AvgIpc) is 2.15. The van der Waals surface area contributed by atoms with E-state index in [0.29, 0.717) is 0 Å². The van der Waals surface area contributed by atoms with E-state index < -0.39 is 18.3 Å². The van der Waals surface area contributed by atoms with Gasteiger partial charge in [0.1, 0.15) is 6.10 Å². The van der Waals surface area contributed by atoms with Crippen LogP contribution in [0.2, 0.25) is 0 Å². The average molecular weight is 189 g/mol. The fourth-order valence-electron chi connectivity index (χ4n) is 1.87. The number of piperidine rings is 1. The maximum Gasteiger partial charge on any atom is 0.109 e. The van der Waals surface area contributed by atoms with Crippen molar-refractivity contribution in [3.63, 3.8) is 0 Å². The Morgan fingerprint density at radius 1 is 0.846 bits per heavy atom. The third kappa shape index (κ3) is 2.02. The second-order valence-electron chi connectivity index (χ2n) is 3.67. The lowest BCUT2D eigenvalue weighted by molar-refractivity contribution is -0.114. The molecule has 4 heteroatoms. The second-order valence-corrected chi connectivity index (χ2v) is 3.67. The number of rotatable bonds is 2. The molecule has 1 rings (SSSR count). The quantitative estimate of drug-likeness (QED) is 0.460. The van der Waals surface area contributed by atoms with Gasteiger partial charge in [-0.1, -0.05) is 13.8 Å². The first-order valence-corrected chi connectivity index (χ1v) is 4.92. The molecule has 4 nitrogen and oxygen atoms in total. The summed E-state index contributed by atoms with van der Waals surface area (Å²) < 4.78 is 0. The molecule has 13 heavy (non-hydrogen) atoms. The van der Waals surface area contributed by atoms with Crippen LogP contribution < -0.4 is 5.32 Å². The van der Waals surface area contributed by atoms with Crippen LogP contribution >= 0.6 is 0 Å². The molecule has 0 amide bonds. The third-order valence-electron chi connectivity index (χ3n) is 2.83. The van der Waals surface area contributed by atoms with Crippen LogP contribution in [-0.4, -0.2) is 45.7 Å². The van der Waals surface area contributed by atoms with Crippen molar-refractivity contribution in [2.45, 2.75) is 57.1 Å². The van der Waals surface area contributed by atoms with E-state index in [4.69, 9.17) is 0 Å². The first-order chi connectivity index (χ1) is 6.11. The zero-order chi connectivity index (χ0) is 10.0. The molecule has 1 fully saturated rings. The second kappa shape index (κ2) is 4.37. The molecule has 0 spiro atoms. The van der Waals surface area contributed by atoms with Crippen LogP contribution in [0.3, 0.4) is 0 Å². The maximum absolute atomic E-state index is 9.55. The maximum atomic E-state index is 9.55. The summed E-state index contributed by atoms with van der Waals surface area (Å²) >= 11 is 0. The lowest BCUT2D eigenvalue weighted by Crippen LogP contribution is -2.64. The van der Waals surface area contributed by atoms with Gasteiger partial charge in [-0.2, -0.15) is 0 Å². The summed E-state index contributed by atoms with van der Waals surface area (Å²) in [6.07, 6.45) is -1.23. The van der Waals surface area contributed by atoms with E-state index in [2.05, 4.69) is 5.32 Å². The van der Waals surface area contributed by atoms with Crippen LogP contribution in [0.15, 0.2) is 0 Å². The molecular weight excluding hydrogens is 170 g/mol. The Labute approximate surface area is 78.6 Å². The Morgan fingerprint density at radius 3 is 1.54 bits per heavy atom. The minimum absolute atomic E-state index is 0.108. The van der Waals surface area contributed by atoms with Gasteiger partial charge in [0.2, 0.25) is 0 Å². The molecular formula is C9H19NO3. The molecule has 1 saturated heterocycles. The first-order valence-electron chi connectivity index (χ1n) is 4.92. The van der Waals surface area contributed by atoms with E-state index >= 15 is 0 Å². The fraction of sp³-hybridized carbons (Fsp3) is 1.00. The van der Waals surface area contributed by atoms with Crippen molar-refractivity contribution in [2.75, 3.05) is 0 Å². The minimum Gasteiger partial charge on any atom is -0.389 e. The molecule has 0 aromatic rings. The molecule has 1 heterocycles. The predicted molar refractivity (Wildman–Crippen MR) is 49.3 cm³/mol. The summed E-state index contributed by atoms with van der Waals surface area (Å²) in [5.41, 5.74) is 0. The molecule has 0 saturated carbocycles. The van der Waals surface area contributed by atoms with Gasteiger partial charge in [-0.15, -0.1) is 0 Å². The number of hydrogen-bond donors (Lipinski definition) is 4. The summed E-state index contributed by atoms with van der Waals surface area (Å²) in [5.74, 6) is 0. The molecule has 78 valence electrons. The van der Waals surface area contributed by atoms with Crippen molar-refractivity contribution in [3.05, 3.63) is 0 Å². The normalized spacial score (nSPS) is 46.4. The van der Waals surface area contributed by atoms with Crippen LogP contribution in [0.4, 0.5) is 0 Å². The number of hydrogen-bond acceptors (Lipinski definition) is 4.